The van der Waals surface area contributed by atoms with Gasteiger partial charge in [-0.15, -0.1) is 14.5 Å². The van der Waals surface area contributed by atoms with Gasteiger partial charge in [0.2, 0.25) is 0 Å². The van der Waals surface area contributed by atoms with Crippen LogP contribution in [0.3, 0.4) is 0 Å². The van der Waals surface area contributed by atoms with Crippen molar-refractivity contribution in [3.63, 3.8) is 0 Å². The molecule has 12 heavy (non-hydrogen) atoms. The van der Waals surface area contributed by atoms with Gasteiger partial charge in [0, 0.05) is 40.0 Å². The zero-order chi connectivity index (χ0) is 9.00. The van der Waals surface area contributed by atoms with E-state index in [0.29, 0.717) is 0 Å². The Balaban J connectivity index is -0.0000000457. The van der Waals surface area contributed by atoms with Crippen molar-refractivity contribution in [1.29, 1.82) is 0 Å². The first kappa shape index (κ1) is 23.7. The van der Waals surface area contributed by atoms with Crippen LogP contribution >= 0.6 is 14.5 Å². The van der Waals surface area contributed by atoms with E-state index in [1.807, 2.05) is 0 Å². The van der Waals surface area contributed by atoms with Crippen molar-refractivity contribution in [3.8, 4) is 0 Å². The molecule has 0 aliphatic heterocycles. The third-order valence-electron chi connectivity index (χ3n) is 0. The van der Waals surface area contributed by atoms with Crippen LogP contribution < -0.4 is 17.0 Å². The summed E-state index contributed by atoms with van der Waals surface area (Å²) < 4.78 is 0. The number of rotatable bonds is 0. The van der Waals surface area contributed by atoms with Gasteiger partial charge in [-0.25, -0.2) is 0 Å². The van der Waals surface area contributed by atoms with Crippen molar-refractivity contribution in [2.75, 3.05) is 40.0 Å². The summed E-state index contributed by atoms with van der Waals surface area (Å²) in [5.74, 6) is 0. The van der Waals surface area contributed by atoms with Crippen LogP contribution in [0.4, 0.5) is 0 Å². The summed E-state index contributed by atoms with van der Waals surface area (Å²) in [6.07, 6.45) is 0. The van der Waals surface area contributed by atoms with Gasteiger partial charge in [-0.05, 0) is 0 Å². The Bertz CT molecular complexity index is 60.0. The number of halogens is 1. The van der Waals surface area contributed by atoms with Gasteiger partial charge >= 0.3 is 22.4 Å². The molecular weight excluding hydrogens is 435 g/mol. The molecule has 0 unspecified atom stereocenters. The fourth-order valence-corrected chi connectivity index (χ4v) is 0. The van der Waals surface area contributed by atoms with Crippen molar-refractivity contribution in [2.45, 2.75) is 0 Å². The van der Waals surface area contributed by atoms with Crippen molar-refractivity contribution >= 4 is 14.5 Å². The summed E-state index contributed by atoms with van der Waals surface area (Å²) in [7, 11) is -1.28. The zero-order valence-electron chi connectivity index (χ0n) is 8.99. The van der Waals surface area contributed by atoms with E-state index in [-0.39, 0.29) is 39.4 Å². The van der Waals surface area contributed by atoms with Crippen LogP contribution in [0.5, 0.6) is 0 Å². The molecule has 0 atom stereocenters. The summed E-state index contributed by atoms with van der Waals surface area (Å²) >= 11 is 0. The van der Waals surface area contributed by atoms with Gasteiger partial charge in [0.05, 0.1) is 0 Å². The Morgan fingerprint density at radius 2 is 0.667 bits per heavy atom. The molecule has 0 amide bonds. The molecule has 0 nitrogen and oxygen atoms in total. The van der Waals surface area contributed by atoms with Crippen molar-refractivity contribution in [2.24, 2.45) is 0 Å². The summed E-state index contributed by atoms with van der Waals surface area (Å²) in [6.45, 7) is 20.9. The summed E-state index contributed by atoms with van der Waals surface area (Å²) in [4.78, 5) is 0. The van der Waals surface area contributed by atoms with Crippen molar-refractivity contribution in [3.05, 3.63) is 13.3 Å². The maximum absolute atomic E-state index is 3.88. The first-order chi connectivity index (χ1) is 4.00. The summed E-state index contributed by atoms with van der Waals surface area (Å²) in [5, 5.41) is 0. The van der Waals surface area contributed by atoms with Gasteiger partial charge in [-0.3, -0.25) is 0 Å². The maximum Gasteiger partial charge on any atom is 1.00 e. The molecule has 0 rings (SSSR count). The molecule has 0 radical (unpaired) electrons. The van der Waals surface area contributed by atoms with Crippen LogP contribution in [-0.4, -0.2) is 40.0 Å². The molecule has 4 heteroatoms. The molecule has 0 aromatic carbocycles. The van der Waals surface area contributed by atoms with Crippen LogP contribution in [0.1, 0.15) is 0 Å². The average molecular weight is 457 g/mol. The monoisotopic (exact) mass is 456 g/mol. The zero-order valence-corrected chi connectivity index (χ0v) is 14.5. The van der Waals surface area contributed by atoms with Gasteiger partial charge in [0.25, 0.3) is 0 Å². The van der Waals surface area contributed by atoms with Gasteiger partial charge in [0.1, 0.15) is 0 Å². The standard InChI is InChI=1S/2C4H11P.Au.BrH/c2*1-5(2,3)4;;/h2*1H2,2-4H3;;1H/q;;+1;/p-1. The second kappa shape index (κ2) is 9.63. The Hall–Kier alpha value is 2.08. The minimum Gasteiger partial charge on any atom is -1.00 e. The van der Waals surface area contributed by atoms with Crippen LogP contribution in [0, 0.1) is 13.3 Å². The van der Waals surface area contributed by atoms with Gasteiger partial charge < -0.3 is 17.0 Å². The molecule has 0 aromatic heterocycles. The van der Waals surface area contributed by atoms with E-state index in [0.717, 1.165) is 0 Å². The molecule has 0 N–H and O–H groups in total. The molecule has 0 aliphatic rings. The molecule has 0 spiro atoms. The molecule has 82 valence electrons. The number of hydrogen-bond donors (Lipinski definition) is 0. The Kier molecular flexibility index (Phi) is 19.0. The molecule has 0 saturated carbocycles. The minimum absolute atomic E-state index is 0. The third kappa shape index (κ3) is 343. The number of hydrogen-bond acceptors (Lipinski definition) is 0. The summed E-state index contributed by atoms with van der Waals surface area (Å²) in [6, 6.07) is 0. The molecule has 0 fully saturated rings. The fraction of sp³-hybridized carbons (Fsp3) is 0.750. The maximum atomic E-state index is 3.88. The Morgan fingerprint density at radius 1 is 0.667 bits per heavy atom. The molecule has 0 aliphatic carbocycles. The Labute approximate surface area is 107 Å². The van der Waals surface area contributed by atoms with E-state index in [1.54, 1.807) is 0 Å². The first-order valence-electron chi connectivity index (χ1n) is 3.32. The van der Waals surface area contributed by atoms with Crippen LogP contribution in [0.15, 0.2) is 0 Å². The topological polar surface area (TPSA) is 0 Å². The minimum atomic E-state index is -0.639. The van der Waals surface area contributed by atoms with Gasteiger partial charge in [-0.1, -0.05) is 0 Å². The van der Waals surface area contributed by atoms with Crippen molar-refractivity contribution < 1.29 is 39.4 Å². The van der Waals surface area contributed by atoms with E-state index in [4.69, 9.17) is 0 Å². The molecule has 0 saturated heterocycles. The Morgan fingerprint density at radius 3 is 0.667 bits per heavy atom. The van der Waals surface area contributed by atoms with Crippen LogP contribution in [0.2, 0.25) is 0 Å². The van der Waals surface area contributed by atoms with E-state index >= 15 is 0 Å². The summed E-state index contributed by atoms with van der Waals surface area (Å²) in [5.41, 5.74) is 0. The molecule has 0 aromatic rings. The average Bonchev–Trinajstić information content (AvgIpc) is 1.12. The van der Waals surface area contributed by atoms with Crippen LogP contribution in [-0.2, 0) is 22.4 Å². The second-order valence-corrected chi connectivity index (χ2v) is 13.7. The quantitative estimate of drug-likeness (QED) is 0.281. The van der Waals surface area contributed by atoms with Gasteiger partial charge in [0.15, 0.2) is 0 Å². The second-order valence-electron chi connectivity index (χ2n) is 4.58. The van der Waals surface area contributed by atoms with E-state index in [9.17, 15) is 0 Å². The predicted molar refractivity (Wildman–Crippen MR) is 60.1 cm³/mol. The smallest absolute Gasteiger partial charge is 1.00 e. The SMILES string of the molecule is [Au+].[Br-].[CH2-][P+](C)(C)C.[CH2-][P+](C)(C)C. The normalized spacial score (nSPS) is 10.0. The first-order valence-corrected chi connectivity index (χ1v) is 9.95. The molecule has 0 heterocycles. The largest absolute Gasteiger partial charge is 1.00 e. The molecular formula is C8H22AuBrP2. The van der Waals surface area contributed by atoms with Gasteiger partial charge in [-0.2, -0.15) is 13.3 Å². The van der Waals surface area contributed by atoms with Crippen molar-refractivity contribution in [1.82, 2.24) is 0 Å². The van der Waals surface area contributed by atoms with E-state index in [2.05, 4.69) is 53.3 Å². The van der Waals surface area contributed by atoms with E-state index in [1.165, 1.54) is 0 Å². The third-order valence-corrected chi connectivity index (χ3v) is 0. The van der Waals surface area contributed by atoms with E-state index < -0.39 is 14.5 Å². The molecule has 0 bridgehead atoms. The van der Waals surface area contributed by atoms with Crippen LogP contribution in [0.25, 0.3) is 0 Å². The fourth-order valence-electron chi connectivity index (χ4n) is 0. The predicted octanol–water partition coefficient (Wildman–Crippen LogP) is 0.371.